The van der Waals surface area contributed by atoms with Crippen molar-refractivity contribution in [3.05, 3.63) is 60.7 Å². The van der Waals surface area contributed by atoms with Crippen LogP contribution in [0.4, 0.5) is 38.0 Å². The lowest BCUT2D eigenvalue weighted by molar-refractivity contribution is -0.193. The number of halogens is 6. The first-order valence-electron chi connectivity index (χ1n) is 11.8. The molecule has 0 radical (unpaired) electrons. The Balaban J connectivity index is 0.000000384. The Morgan fingerprint density at radius 1 is 0.628 bits per heavy atom. The van der Waals surface area contributed by atoms with E-state index in [2.05, 4.69) is 9.97 Å². The number of aromatic nitrogens is 2. The number of hydrogen-bond acceptors (Lipinski definition) is 9. The summed E-state index contributed by atoms with van der Waals surface area (Å²) in [5.41, 5.74) is 13.1. The zero-order valence-electron chi connectivity index (χ0n) is 21.9. The van der Waals surface area contributed by atoms with Gasteiger partial charge in [0.15, 0.2) is 0 Å². The number of nitrogens with zero attached hydrogens (tertiary/aromatic N) is 2. The van der Waals surface area contributed by atoms with E-state index in [1.807, 2.05) is 48.5 Å². The van der Waals surface area contributed by atoms with Crippen molar-refractivity contribution >= 4 is 45.4 Å². The summed E-state index contributed by atoms with van der Waals surface area (Å²) in [7, 11) is 0. The van der Waals surface area contributed by atoms with Gasteiger partial charge in [0.05, 0.1) is 13.2 Å². The number of anilines is 2. The second-order valence-electron chi connectivity index (χ2n) is 8.04. The fourth-order valence-corrected chi connectivity index (χ4v) is 3.03. The maximum atomic E-state index is 10.6. The summed E-state index contributed by atoms with van der Waals surface area (Å²) in [4.78, 5) is 26.5. The number of alkyl halides is 6. The van der Waals surface area contributed by atoms with E-state index in [4.69, 9.17) is 45.5 Å². The Morgan fingerprint density at radius 3 is 1.30 bits per heavy atom. The molecule has 2 aromatic heterocycles. The molecule has 0 spiro atoms. The summed E-state index contributed by atoms with van der Waals surface area (Å²) < 4.78 is 80.7. The average molecular weight is 618 g/mol. The monoisotopic (exact) mass is 618 g/mol. The molecule has 43 heavy (non-hydrogen) atoms. The van der Waals surface area contributed by atoms with Crippen molar-refractivity contribution in [1.82, 2.24) is 9.97 Å². The van der Waals surface area contributed by atoms with Gasteiger partial charge in [-0.2, -0.15) is 26.3 Å². The quantitative estimate of drug-likeness (QED) is 0.159. The van der Waals surface area contributed by atoms with Crippen LogP contribution in [-0.2, 0) is 14.3 Å². The third-order valence-corrected chi connectivity index (χ3v) is 4.87. The van der Waals surface area contributed by atoms with Gasteiger partial charge in [-0.15, -0.1) is 0 Å². The minimum absolute atomic E-state index is 0.405. The largest absolute Gasteiger partial charge is 0.490 e. The highest BCUT2D eigenvalue weighted by Crippen LogP contribution is 2.25. The molecule has 2 heterocycles. The Bertz CT molecular complexity index is 1420. The zero-order chi connectivity index (χ0) is 32.2. The number of nitrogens with two attached hydrogens (primary N) is 2. The third kappa shape index (κ3) is 11.4. The van der Waals surface area contributed by atoms with E-state index >= 15 is 0 Å². The fourth-order valence-electron chi connectivity index (χ4n) is 3.03. The van der Waals surface area contributed by atoms with Gasteiger partial charge in [-0.1, -0.05) is 24.3 Å². The van der Waals surface area contributed by atoms with E-state index in [1.54, 1.807) is 12.1 Å². The van der Waals surface area contributed by atoms with E-state index in [-0.39, 0.29) is 0 Å². The number of carboxylic acids is 2. The first kappa shape index (κ1) is 34.1. The lowest BCUT2D eigenvalue weighted by Gasteiger charge is -2.11. The smallest absolute Gasteiger partial charge is 0.489 e. The minimum Gasteiger partial charge on any atom is -0.489 e. The second kappa shape index (κ2) is 15.2. The van der Waals surface area contributed by atoms with Crippen molar-refractivity contribution in [3.63, 3.8) is 0 Å². The molecule has 0 aliphatic rings. The lowest BCUT2D eigenvalue weighted by Crippen LogP contribution is -2.21. The average Bonchev–Trinajstić information content (AvgIpc) is 2.92. The van der Waals surface area contributed by atoms with Gasteiger partial charge in [0.25, 0.3) is 0 Å². The van der Waals surface area contributed by atoms with Crippen LogP contribution >= 0.6 is 0 Å². The molecule has 0 saturated carbocycles. The van der Waals surface area contributed by atoms with Gasteiger partial charge in [0.2, 0.25) is 0 Å². The summed E-state index contributed by atoms with van der Waals surface area (Å²) in [5, 5.41) is 16.2. The van der Waals surface area contributed by atoms with Gasteiger partial charge < -0.3 is 35.9 Å². The van der Waals surface area contributed by atoms with Crippen LogP contribution in [0.5, 0.6) is 11.5 Å². The summed E-state index contributed by atoms with van der Waals surface area (Å²) in [6, 6.07) is 18.9. The number of hydrogen-bond donors (Lipinski definition) is 4. The first-order chi connectivity index (χ1) is 20.1. The highest BCUT2D eigenvalue weighted by atomic mass is 19.4. The molecule has 0 saturated heterocycles. The van der Waals surface area contributed by atoms with Crippen LogP contribution in [0.3, 0.4) is 0 Å². The van der Waals surface area contributed by atoms with Crippen LogP contribution in [0, 0.1) is 0 Å². The molecule has 232 valence electrons. The number of pyridine rings is 2. The molecule has 0 fully saturated rings. The maximum Gasteiger partial charge on any atom is 0.490 e. The van der Waals surface area contributed by atoms with Crippen LogP contribution in [-0.4, -0.2) is 70.9 Å². The highest BCUT2D eigenvalue weighted by Gasteiger charge is 2.38. The molecule has 0 unspecified atom stereocenters. The van der Waals surface area contributed by atoms with Crippen molar-refractivity contribution in [3.8, 4) is 11.5 Å². The Hall–Kier alpha value is -5.06. The lowest BCUT2D eigenvalue weighted by atomic mass is 10.2. The molecule has 4 rings (SSSR count). The normalized spacial score (nSPS) is 11.1. The van der Waals surface area contributed by atoms with E-state index in [9.17, 15) is 26.3 Å². The Morgan fingerprint density at radius 2 is 0.977 bits per heavy atom. The number of aliphatic carboxylic acids is 2. The number of para-hydroxylation sites is 2. The highest BCUT2D eigenvalue weighted by molar-refractivity contribution is 5.86. The number of carbonyl (C=O) groups is 2. The number of carboxylic acid groups (broad SMARTS) is 2. The zero-order valence-corrected chi connectivity index (χ0v) is 21.9. The summed E-state index contributed by atoms with van der Waals surface area (Å²) in [5.74, 6) is -3.21. The third-order valence-electron chi connectivity index (χ3n) is 4.87. The predicted molar refractivity (Wildman–Crippen MR) is 142 cm³/mol. The molecule has 0 aliphatic heterocycles. The van der Waals surface area contributed by atoms with Gasteiger partial charge in [0.1, 0.15) is 47.4 Å². The number of benzene rings is 2. The first-order valence-corrected chi connectivity index (χ1v) is 11.8. The molecule has 0 atom stereocenters. The molecule has 2 aromatic carbocycles. The van der Waals surface area contributed by atoms with Crippen LogP contribution in [0.15, 0.2) is 60.7 Å². The van der Waals surface area contributed by atoms with Crippen molar-refractivity contribution in [2.75, 3.05) is 37.9 Å². The summed E-state index contributed by atoms with van der Waals surface area (Å²) in [6.45, 7) is 1.68. The molecule has 0 aliphatic carbocycles. The van der Waals surface area contributed by atoms with Gasteiger partial charge in [-0.05, 0) is 36.4 Å². The van der Waals surface area contributed by atoms with Crippen LogP contribution < -0.4 is 20.9 Å². The van der Waals surface area contributed by atoms with E-state index < -0.39 is 24.3 Å². The van der Waals surface area contributed by atoms with E-state index in [0.717, 1.165) is 21.8 Å². The van der Waals surface area contributed by atoms with Crippen LogP contribution in [0.2, 0.25) is 0 Å². The molecular weight excluding hydrogens is 594 g/mol. The van der Waals surface area contributed by atoms with Crippen LogP contribution in [0.25, 0.3) is 21.8 Å². The van der Waals surface area contributed by atoms with Gasteiger partial charge in [0, 0.05) is 10.8 Å². The van der Waals surface area contributed by atoms with Gasteiger partial charge in [-0.25, -0.2) is 19.6 Å². The van der Waals surface area contributed by atoms with Crippen molar-refractivity contribution in [2.45, 2.75) is 12.4 Å². The number of nitrogen functional groups attached to an aromatic ring is 2. The topological polar surface area (TPSA) is 180 Å². The fraction of sp³-hybridized carbons (Fsp3) is 0.231. The predicted octanol–water partition coefficient (Wildman–Crippen LogP) is 4.69. The second-order valence-corrected chi connectivity index (χ2v) is 8.04. The minimum atomic E-state index is -5.08. The maximum absolute atomic E-state index is 10.6. The molecule has 6 N–H and O–H groups in total. The SMILES string of the molecule is Nc1ccc2cccc(OCCOCCOc3cccc4ccc(N)nc34)c2n1.O=C(O)C(F)(F)F.O=C(O)C(F)(F)F. The number of fused-ring (bicyclic) bond motifs is 2. The van der Waals surface area contributed by atoms with Crippen molar-refractivity contribution < 1.29 is 60.4 Å². The molecule has 11 nitrogen and oxygen atoms in total. The van der Waals surface area contributed by atoms with E-state index in [1.165, 1.54) is 0 Å². The van der Waals surface area contributed by atoms with Gasteiger partial charge >= 0.3 is 24.3 Å². The summed E-state index contributed by atoms with van der Waals surface area (Å²) in [6.07, 6.45) is -10.2. The molecule has 0 bridgehead atoms. The van der Waals surface area contributed by atoms with Crippen LogP contribution in [0.1, 0.15) is 0 Å². The Kier molecular flexibility index (Phi) is 12.1. The van der Waals surface area contributed by atoms with Crippen molar-refractivity contribution in [1.29, 1.82) is 0 Å². The Labute approximate surface area is 238 Å². The molecular formula is C26H24F6N4O7. The molecule has 0 amide bonds. The number of rotatable bonds is 8. The van der Waals surface area contributed by atoms with Crippen molar-refractivity contribution in [2.24, 2.45) is 0 Å². The molecule has 4 aromatic rings. The standard InChI is InChI=1S/C22H22N4O3.2C2HF3O2/c23-19-9-7-15-3-1-5-17(21(15)25-19)28-13-11-27-12-14-29-18-6-2-4-16-8-10-20(24)26-22(16)18;2*3-2(4,5)1(6)7/h1-10H,11-14H2,(H2,23,25)(H2,24,26);2*(H,6,7). The summed E-state index contributed by atoms with van der Waals surface area (Å²) >= 11 is 0. The molecule has 17 heteroatoms. The van der Waals surface area contributed by atoms with E-state index in [0.29, 0.717) is 49.6 Å². The van der Waals surface area contributed by atoms with Gasteiger partial charge in [-0.3, -0.25) is 0 Å². The number of ether oxygens (including phenoxy) is 3.